The van der Waals surface area contributed by atoms with Crippen molar-refractivity contribution < 1.29 is 55.7 Å². The van der Waals surface area contributed by atoms with Crippen molar-refractivity contribution in [3.05, 3.63) is 48.5 Å². The molecule has 0 saturated carbocycles. The molecule has 17 heteroatoms. The lowest BCUT2D eigenvalue weighted by Crippen LogP contribution is -2.53. The Morgan fingerprint density at radius 2 is 1.46 bits per heavy atom. The number of carboxylic acid groups (broad SMARTS) is 2. The molecular weight excluding hydrogens is 568 g/mol. The fourth-order valence-electron chi connectivity index (χ4n) is 3.99. The normalized spacial score (nSPS) is 18.2. The predicted octanol–water partition coefficient (Wildman–Crippen LogP) is 3.33. The van der Waals surface area contributed by atoms with Gasteiger partial charge in [-0.05, 0) is 43.9 Å². The Hall–Kier alpha value is -4.02. The first-order valence-corrected chi connectivity index (χ1v) is 12.1. The minimum atomic E-state index is -5.08. The summed E-state index contributed by atoms with van der Waals surface area (Å²) in [5, 5.41) is 17.7. The zero-order valence-corrected chi connectivity index (χ0v) is 21.4. The van der Waals surface area contributed by atoms with E-state index < -0.39 is 24.3 Å². The number of aliphatic carboxylic acids is 2. The number of nitrogens with one attached hydrogen (secondary N) is 1. The van der Waals surface area contributed by atoms with Crippen molar-refractivity contribution in [3.63, 3.8) is 0 Å². The highest BCUT2D eigenvalue weighted by molar-refractivity contribution is 5.78. The van der Waals surface area contributed by atoms with E-state index in [1.54, 1.807) is 18.6 Å². The third-order valence-corrected chi connectivity index (χ3v) is 5.96. The van der Waals surface area contributed by atoms with Gasteiger partial charge in [-0.15, -0.1) is 0 Å². The molecular formula is C24H27F6N5O6. The molecule has 1 spiro atoms. The molecule has 226 valence electrons. The number of amides is 1. The highest BCUT2D eigenvalue weighted by Gasteiger charge is 2.41. The number of halogens is 6. The molecule has 41 heavy (non-hydrogen) atoms. The number of carboxylic acids is 2. The number of carbonyl (C=O) groups excluding carboxylic acids is 1. The average molecular weight is 595 g/mol. The summed E-state index contributed by atoms with van der Waals surface area (Å²) in [6, 6.07) is 7.80. The van der Waals surface area contributed by atoms with Crippen LogP contribution < -0.4 is 5.32 Å². The van der Waals surface area contributed by atoms with Crippen LogP contribution >= 0.6 is 0 Å². The number of nitrogens with zero attached hydrogens (tertiary/aromatic N) is 4. The molecule has 4 heterocycles. The van der Waals surface area contributed by atoms with Crippen molar-refractivity contribution in [2.45, 2.75) is 56.1 Å². The smallest absolute Gasteiger partial charge is 0.475 e. The Morgan fingerprint density at radius 1 is 0.927 bits per heavy atom. The van der Waals surface area contributed by atoms with E-state index in [9.17, 15) is 31.1 Å². The van der Waals surface area contributed by atoms with E-state index in [1.807, 2.05) is 29.2 Å². The summed E-state index contributed by atoms with van der Waals surface area (Å²) in [5.41, 5.74) is 0.677. The predicted molar refractivity (Wildman–Crippen MR) is 128 cm³/mol. The van der Waals surface area contributed by atoms with Gasteiger partial charge in [-0.1, -0.05) is 6.07 Å². The lowest BCUT2D eigenvalue weighted by molar-refractivity contribution is -0.193. The largest absolute Gasteiger partial charge is 0.490 e. The number of piperidine rings is 1. The van der Waals surface area contributed by atoms with E-state index in [2.05, 4.69) is 20.3 Å². The van der Waals surface area contributed by atoms with Gasteiger partial charge in [0.1, 0.15) is 0 Å². The Labute approximate surface area is 229 Å². The second-order valence-electron chi connectivity index (χ2n) is 8.92. The maximum Gasteiger partial charge on any atom is 0.490 e. The molecule has 2 aliphatic heterocycles. The van der Waals surface area contributed by atoms with E-state index in [-0.39, 0.29) is 11.5 Å². The Bertz CT molecular complexity index is 1110. The van der Waals surface area contributed by atoms with Gasteiger partial charge in [0.25, 0.3) is 0 Å². The third kappa shape index (κ3) is 11.5. The summed E-state index contributed by atoms with van der Waals surface area (Å²) in [6.07, 6.45) is -0.969. The zero-order chi connectivity index (χ0) is 30.7. The maximum absolute atomic E-state index is 12.6. The molecule has 2 saturated heterocycles. The number of likely N-dealkylation sites (tertiary alicyclic amines) is 1. The zero-order valence-electron chi connectivity index (χ0n) is 21.4. The molecule has 4 rings (SSSR count). The molecule has 1 atom stereocenters. The lowest BCUT2D eigenvalue weighted by atomic mass is 9.82. The quantitative estimate of drug-likeness (QED) is 0.449. The summed E-state index contributed by atoms with van der Waals surface area (Å²) in [7, 11) is 0. The van der Waals surface area contributed by atoms with Crippen molar-refractivity contribution >= 4 is 23.8 Å². The molecule has 3 N–H and O–H groups in total. The van der Waals surface area contributed by atoms with Gasteiger partial charge >= 0.3 is 24.3 Å². The summed E-state index contributed by atoms with van der Waals surface area (Å²) in [5.74, 6) is -4.70. The van der Waals surface area contributed by atoms with E-state index in [1.165, 1.54) is 0 Å². The Kier molecular flexibility index (Phi) is 11.8. The van der Waals surface area contributed by atoms with Gasteiger partial charge < -0.3 is 25.2 Å². The Morgan fingerprint density at radius 3 is 1.95 bits per heavy atom. The summed E-state index contributed by atoms with van der Waals surface area (Å²) >= 11 is 0. The summed E-state index contributed by atoms with van der Waals surface area (Å²) in [6.45, 7) is 2.20. The van der Waals surface area contributed by atoms with Crippen LogP contribution in [0.25, 0.3) is 0 Å². The topological polar surface area (TPSA) is 155 Å². The van der Waals surface area contributed by atoms with E-state index in [0.29, 0.717) is 18.4 Å². The van der Waals surface area contributed by atoms with Crippen molar-refractivity contribution in [2.24, 2.45) is 0 Å². The van der Waals surface area contributed by atoms with Crippen LogP contribution in [-0.4, -0.2) is 91.6 Å². The van der Waals surface area contributed by atoms with Gasteiger partial charge in [0.2, 0.25) is 11.9 Å². The second kappa shape index (κ2) is 14.6. The first-order chi connectivity index (χ1) is 19.1. The molecule has 0 aromatic carbocycles. The molecule has 0 radical (unpaired) electrons. The van der Waals surface area contributed by atoms with Gasteiger partial charge in [-0.2, -0.15) is 26.3 Å². The van der Waals surface area contributed by atoms with Crippen LogP contribution in [-0.2, 0) is 25.5 Å². The number of hydrogen-bond donors (Lipinski definition) is 3. The van der Waals surface area contributed by atoms with Crippen LogP contribution in [0.15, 0.2) is 42.9 Å². The number of anilines is 1. The van der Waals surface area contributed by atoms with E-state index in [4.69, 9.17) is 24.5 Å². The number of rotatable bonds is 4. The van der Waals surface area contributed by atoms with Crippen molar-refractivity contribution in [1.82, 2.24) is 19.9 Å². The standard InChI is InChI=1S/C20H25N5O2.2C2HF3O2/c26-18(14-16-4-1-2-8-21-16)25-11-6-20(7-12-25)15-17(5-13-27-20)24-19-22-9-3-10-23-19;2*3-2(4,5)1(6)7/h1-4,8-10,17H,5-7,11-15H2,(H,22,23,24);2*(H,6,7). The maximum atomic E-state index is 12.6. The monoisotopic (exact) mass is 595 g/mol. The number of alkyl halides is 6. The highest BCUT2D eigenvalue weighted by Crippen LogP contribution is 2.36. The number of carbonyl (C=O) groups is 3. The van der Waals surface area contributed by atoms with Crippen LogP contribution in [0.2, 0.25) is 0 Å². The first kappa shape index (κ1) is 33.2. The molecule has 2 fully saturated rings. The summed E-state index contributed by atoms with van der Waals surface area (Å²) < 4.78 is 69.7. The average Bonchev–Trinajstić information content (AvgIpc) is 2.90. The van der Waals surface area contributed by atoms with Crippen LogP contribution in [0.5, 0.6) is 0 Å². The molecule has 2 aliphatic rings. The highest BCUT2D eigenvalue weighted by atomic mass is 19.4. The molecule has 0 aliphatic carbocycles. The third-order valence-electron chi connectivity index (χ3n) is 5.96. The van der Waals surface area contributed by atoms with E-state index in [0.717, 1.165) is 51.1 Å². The number of pyridine rings is 1. The summed E-state index contributed by atoms with van der Waals surface area (Å²) in [4.78, 5) is 45.1. The number of aromatic nitrogens is 3. The van der Waals surface area contributed by atoms with Gasteiger partial charge in [-0.3, -0.25) is 9.78 Å². The molecule has 2 aromatic heterocycles. The lowest BCUT2D eigenvalue weighted by Gasteiger charge is -2.46. The molecule has 0 bridgehead atoms. The second-order valence-corrected chi connectivity index (χ2v) is 8.92. The van der Waals surface area contributed by atoms with Gasteiger partial charge in [0.05, 0.1) is 12.0 Å². The molecule has 11 nitrogen and oxygen atoms in total. The minimum absolute atomic E-state index is 0.145. The van der Waals surface area contributed by atoms with Crippen LogP contribution in [0, 0.1) is 0 Å². The van der Waals surface area contributed by atoms with Crippen molar-refractivity contribution in [2.75, 3.05) is 25.0 Å². The van der Waals surface area contributed by atoms with Crippen LogP contribution in [0.3, 0.4) is 0 Å². The number of hydrogen-bond acceptors (Lipinski definition) is 8. The molecule has 2 aromatic rings. The fraction of sp³-hybridized carbons (Fsp3) is 0.500. The van der Waals surface area contributed by atoms with Crippen molar-refractivity contribution in [3.8, 4) is 0 Å². The van der Waals surface area contributed by atoms with Gasteiger partial charge in [0, 0.05) is 50.0 Å². The van der Waals surface area contributed by atoms with E-state index >= 15 is 0 Å². The van der Waals surface area contributed by atoms with Crippen LogP contribution in [0.1, 0.15) is 31.4 Å². The van der Waals surface area contributed by atoms with Crippen LogP contribution in [0.4, 0.5) is 32.3 Å². The minimum Gasteiger partial charge on any atom is -0.475 e. The fourth-order valence-corrected chi connectivity index (χ4v) is 3.99. The molecule has 1 unspecified atom stereocenters. The van der Waals surface area contributed by atoms with Gasteiger partial charge in [-0.25, -0.2) is 19.6 Å². The SMILES string of the molecule is O=C(Cc1ccccn1)N1CCC2(CC1)CC(Nc1ncccn1)CCO2.O=C(O)C(F)(F)F.O=C(O)C(F)(F)F. The van der Waals surface area contributed by atoms with Crippen molar-refractivity contribution in [1.29, 1.82) is 0 Å². The first-order valence-electron chi connectivity index (χ1n) is 12.1. The molecule has 1 amide bonds. The Balaban J connectivity index is 0.000000349. The number of ether oxygens (including phenoxy) is 1. The van der Waals surface area contributed by atoms with Gasteiger partial charge in [0.15, 0.2) is 0 Å².